The molecule has 2 N–H and O–H groups in total. The Balaban J connectivity index is 1.93. The van der Waals surface area contributed by atoms with E-state index in [9.17, 15) is 4.79 Å². The lowest BCUT2D eigenvalue weighted by molar-refractivity contribution is -0.132. The Labute approximate surface area is 108 Å². The molecule has 0 spiro atoms. The fraction of sp³-hybridized carbons (Fsp3) is 0.571. The molecule has 0 bridgehead atoms. The quantitative estimate of drug-likeness (QED) is 0.873. The fourth-order valence-electron chi connectivity index (χ4n) is 2.48. The zero-order chi connectivity index (χ0) is 13.0. The van der Waals surface area contributed by atoms with Gasteiger partial charge in [0.25, 0.3) is 0 Å². The number of carbonyl (C=O) groups excluding carboxylic acids is 1. The summed E-state index contributed by atoms with van der Waals surface area (Å²) in [6.45, 7) is 3.71. The molecule has 2 unspecified atom stereocenters. The smallest absolute Gasteiger partial charge is 0.228 e. The molecule has 0 saturated carbocycles. The summed E-state index contributed by atoms with van der Waals surface area (Å²) in [7, 11) is 0. The van der Waals surface area contributed by atoms with Crippen LogP contribution in [0.25, 0.3) is 0 Å². The summed E-state index contributed by atoms with van der Waals surface area (Å²) < 4.78 is 0. The van der Waals surface area contributed by atoms with Gasteiger partial charge in [-0.1, -0.05) is 19.4 Å². The van der Waals surface area contributed by atoms with Crippen LogP contribution in [0.15, 0.2) is 24.4 Å². The van der Waals surface area contributed by atoms with Crippen molar-refractivity contribution in [1.82, 2.24) is 9.88 Å². The van der Waals surface area contributed by atoms with Crippen molar-refractivity contribution in [2.24, 2.45) is 11.7 Å². The van der Waals surface area contributed by atoms with Gasteiger partial charge in [-0.15, -0.1) is 0 Å². The highest BCUT2D eigenvalue weighted by Gasteiger charge is 2.27. The second-order valence-electron chi connectivity index (χ2n) is 4.96. The Hall–Kier alpha value is -1.42. The highest BCUT2D eigenvalue weighted by Crippen LogP contribution is 2.19. The van der Waals surface area contributed by atoms with Gasteiger partial charge in [0.15, 0.2) is 0 Å². The van der Waals surface area contributed by atoms with E-state index < -0.39 is 0 Å². The molecule has 0 aliphatic carbocycles. The Morgan fingerprint density at radius 1 is 1.56 bits per heavy atom. The van der Waals surface area contributed by atoms with E-state index in [-0.39, 0.29) is 11.9 Å². The molecule has 1 aromatic heterocycles. The van der Waals surface area contributed by atoms with Gasteiger partial charge in [0.1, 0.15) is 0 Å². The summed E-state index contributed by atoms with van der Waals surface area (Å²) in [4.78, 5) is 18.3. The summed E-state index contributed by atoms with van der Waals surface area (Å²) in [6, 6.07) is 5.91. The molecular formula is C14H21N3O. The first-order valence-electron chi connectivity index (χ1n) is 6.64. The van der Waals surface area contributed by atoms with Crippen LogP contribution in [-0.4, -0.2) is 34.9 Å². The molecule has 2 heterocycles. The molecule has 0 aromatic carbocycles. The van der Waals surface area contributed by atoms with Gasteiger partial charge in [-0.2, -0.15) is 0 Å². The van der Waals surface area contributed by atoms with Gasteiger partial charge in [0, 0.05) is 31.0 Å². The van der Waals surface area contributed by atoms with Gasteiger partial charge in [0.2, 0.25) is 5.91 Å². The van der Waals surface area contributed by atoms with Crippen LogP contribution >= 0.6 is 0 Å². The van der Waals surface area contributed by atoms with Gasteiger partial charge in [0.05, 0.1) is 6.42 Å². The molecule has 1 saturated heterocycles. The van der Waals surface area contributed by atoms with Crippen LogP contribution in [0.1, 0.15) is 25.5 Å². The van der Waals surface area contributed by atoms with E-state index in [1.54, 1.807) is 6.20 Å². The summed E-state index contributed by atoms with van der Waals surface area (Å²) >= 11 is 0. The number of likely N-dealkylation sites (tertiary alicyclic amines) is 1. The summed E-state index contributed by atoms with van der Waals surface area (Å²) in [5.74, 6) is 0.602. The summed E-state index contributed by atoms with van der Waals surface area (Å²) in [5, 5.41) is 0. The van der Waals surface area contributed by atoms with Crippen LogP contribution in [-0.2, 0) is 11.2 Å². The minimum atomic E-state index is 0.166. The topological polar surface area (TPSA) is 59.2 Å². The van der Waals surface area contributed by atoms with Crippen molar-refractivity contribution in [3.05, 3.63) is 30.1 Å². The zero-order valence-electron chi connectivity index (χ0n) is 10.9. The monoisotopic (exact) mass is 247 g/mol. The molecular weight excluding hydrogens is 226 g/mol. The predicted octanol–water partition coefficient (Wildman–Crippen LogP) is 1.21. The maximum atomic E-state index is 12.2. The minimum Gasteiger partial charge on any atom is -0.342 e. The molecule has 1 fully saturated rings. The van der Waals surface area contributed by atoms with E-state index in [4.69, 9.17) is 5.73 Å². The maximum absolute atomic E-state index is 12.2. The second-order valence-corrected chi connectivity index (χ2v) is 4.96. The molecule has 1 aromatic rings. The average molecular weight is 247 g/mol. The minimum absolute atomic E-state index is 0.166. The number of hydrogen-bond acceptors (Lipinski definition) is 3. The van der Waals surface area contributed by atoms with Crippen molar-refractivity contribution in [3.63, 3.8) is 0 Å². The van der Waals surface area contributed by atoms with Crippen LogP contribution in [0.3, 0.4) is 0 Å². The number of pyridine rings is 1. The lowest BCUT2D eigenvalue weighted by Crippen LogP contribution is -2.49. The maximum Gasteiger partial charge on any atom is 0.228 e. The highest BCUT2D eigenvalue weighted by atomic mass is 16.2. The zero-order valence-corrected chi connectivity index (χ0v) is 10.9. The third-order valence-corrected chi connectivity index (χ3v) is 3.73. The van der Waals surface area contributed by atoms with E-state index in [2.05, 4.69) is 11.9 Å². The molecule has 98 valence electrons. The highest BCUT2D eigenvalue weighted by molar-refractivity contribution is 5.78. The van der Waals surface area contributed by atoms with Gasteiger partial charge >= 0.3 is 0 Å². The molecule has 2 rings (SSSR count). The van der Waals surface area contributed by atoms with Crippen LogP contribution in [0.5, 0.6) is 0 Å². The van der Waals surface area contributed by atoms with Gasteiger partial charge < -0.3 is 10.6 Å². The Bertz CT molecular complexity index is 393. The lowest BCUT2D eigenvalue weighted by atomic mass is 9.90. The first kappa shape index (κ1) is 13.0. The molecule has 4 heteroatoms. The Morgan fingerprint density at radius 2 is 2.39 bits per heavy atom. The Kier molecular flexibility index (Phi) is 4.31. The van der Waals surface area contributed by atoms with Gasteiger partial charge in [-0.25, -0.2) is 0 Å². The third kappa shape index (κ3) is 3.07. The second kappa shape index (κ2) is 5.96. The number of hydrogen-bond donors (Lipinski definition) is 1. The van der Waals surface area contributed by atoms with E-state index in [1.165, 1.54) is 0 Å². The molecule has 0 radical (unpaired) electrons. The van der Waals surface area contributed by atoms with E-state index in [0.717, 1.165) is 31.6 Å². The molecule has 2 atom stereocenters. The number of nitrogens with two attached hydrogens (primary N) is 1. The SMILES string of the molecule is CCC1CN(C(=O)Cc2ccccn2)CCC1N. The lowest BCUT2D eigenvalue weighted by Gasteiger charge is -2.36. The third-order valence-electron chi connectivity index (χ3n) is 3.73. The van der Waals surface area contributed by atoms with Gasteiger partial charge in [-0.05, 0) is 24.5 Å². The first-order chi connectivity index (χ1) is 8.70. The van der Waals surface area contributed by atoms with E-state index >= 15 is 0 Å². The van der Waals surface area contributed by atoms with Crippen molar-refractivity contribution in [2.45, 2.75) is 32.2 Å². The van der Waals surface area contributed by atoms with Crippen molar-refractivity contribution in [1.29, 1.82) is 0 Å². The molecule has 1 amide bonds. The van der Waals surface area contributed by atoms with Crippen LogP contribution in [0.2, 0.25) is 0 Å². The van der Waals surface area contributed by atoms with E-state index in [0.29, 0.717) is 12.3 Å². The van der Waals surface area contributed by atoms with Crippen molar-refractivity contribution in [2.75, 3.05) is 13.1 Å². The summed E-state index contributed by atoms with van der Waals surface area (Å²) in [5.41, 5.74) is 6.89. The standard InChI is InChI=1S/C14H21N3O/c1-2-11-10-17(8-6-13(11)15)14(18)9-12-5-3-4-7-16-12/h3-5,7,11,13H,2,6,8-10,15H2,1H3. The number of carbonyl (C=O) groups is 1. The number of amides is 1. The Morgan fingerprint density at radius 3 is 3.06 bits per heavy atom. The fourth-order valence-corrected chi connectivity index (χ4v) is 2.48. The van der Waals surface area contributed by atoms with Crippen LogP contribution in [0, 0.1) is 5.92 Å². The van der Waals surface area contributed by atoms with Crippen molar-refractivity contribution >= 4 is 5.91 Å². The number of rotatable bonds is 3. The normalized spacial score (nSPS) is 24.0. The number of piperidine rings is 1. The van der Waals surface area contributed by atoms with Crippen molar-refractivity contribution in [3.8, 4) is 0 Å². The number of aromatic nitrogens is 1. The van der Waals surface area contributed by atoms with Crippen LogP contribution < -0.4 is 5.73 Å². The van der Waals surface area contributed by atoms with Crippen molar-refractivity contribution < 1.29 is 4.79 Å². The van der Waals surface area contributed by atoms with E-state index in [1.807, 2.05) is 23.1 Å². The largest absolute Gasteiger partial charge is 0.342 e. The summed E-state index contributed by atoms with van der Waals surface area (Å²) in [6.07, 6.45) is 4.07. The first-order valence-corrected chi connectivity index (χ1v) is 6.64. The molecule has 1 aliphatic heterocycles. The molecule has 1 aliphatic rings. The number of nitrogens with zero attached hydrogens (tertiary/aromatic N) is 2. The van der Waals surface area contributed by atoms with Crippen LogP contribution in [0.4, 0.5) is 0 Å². The molecule has 18 heavy (non-hydrogen) atoms. The molecule has 4 nitrogen and oxygen atoms in total. The average Bonchev–Trinajstić information content (AvgIpc) is 2.40. The predicted molar refractivity (Wildman–Crippen MR) is 70.9 cm³/mol. The van der Waals surface area contributed by atoms with Gasteiger partial charge in [-0.3, -0.25) is 9.78 Å².